The van der Waals surface area contributed by atoms with Gasteiger partial charge in [-0.15, -0.1) is 0 Å². The van der Waals surface area contributed by atoms with Crippen LogP contribution in [0.2, 0.25) is 0 Å². The number of nitrogens with one attached hydrogen (secondary N) is 1. The van der Waals surface area contributed by atoms with Crippen LogP contribution in [0.4, 0.5) is 0 Å². The summed E-state index contributed by atoms with van der Waals surface area (Å²) in [4.78, 5) is 10.9. The molecule has 3 N–H and O–H groups in total. The average Bonchev–Trinajstić information content (AvgIpc) is 2.05. The van der Waals surface area contributed by atoms with E-state index in [1.807, 2.05) is 12.1 Å². The number of hydrogen-bond acceptors (Lipinski definition) is 2. The van der Waals surface area contributed by atoms with Crippen molar-refractivity contribution in [1.29, 1.82) is 0 Å². The summed E-state index contributed by atoms with van der Waals surface area (Å²) in [6, 6.07) is 7.32. The first-order valence-corrected chi connectivity index (χ1v) is 4.49. The van der Waals surface area contributed by atoms with Gasteiger partial charge in [0.25, 0.3) is 0 Å². The normalized spacial score (nSPS) is 9.27. The van der Waals surface area contributed by atoms with Crippen molar-refractivity contribution in [2.75, 3.05) is 0 Å². The number of nitrogens with two attached hydrogens (primary N) is 1. The van der Waals surface area contributed by atoms with Crippen LogP contribution in [0.5, 0.6) is 0 Å². The second-order valence-electron chi connectivity index (χ2n) is 2.05. The van der Waals surface area contributed by atoms with Gasteiger partial charge in [-0.3, -0.25) is 0 Å². The van der Waals surface area contributed by atoms with Crippen molar-refractivity contribution < 1.29 is 4.79 Å². The fourth-order valence-corrected chi connectivity index (χ4v) is 1.18. The topological polar surface area (TPSA) is 55.1 Å². The standard InChI is InChI=1S/C7H7N2O.Sn/c8-9-7(10)6-4-2-1-3-5-6;/h2-5H,8H2,(H,9,10);. The summed E-state index contributed by atoms with van der Waals surface area (Å²) in [5, 5.41) is 0. The molecule has 1 rings (SSSR count). The summed E-state index contributed by atoms with van der Waals surface area (Å²) < 4.78 is 1.21. The molecule has 0 unspecified atom stereocenters. The molecule has 0 aliphatic rings. The Morgan fingerprint density at radius 1 is 1.36 bits per heavy atom. The maximum atomic E-state index is 10.9. The van der Waals surface area contributed by atoms with Gasteiger partial charge in [0, 0.05) is 0 Å². The van der Waals surface area contributed by atoms with Crippen LogP contribution in [0.3, 0.4) is 0 Å². The second kappa shape index (κ2) is 3.73. The quantitative estimate of drug-likeness (QED) is 0.295. The van der Waals surface area contributed by atoms with Gasteiger partial charge >= 0.3 is 77.9 Å². The predicted molar refractivity (Wildman–Crippen MR) is 43.5 cm³/mol. The molecule has 0 spiro atoms. The molecule has 0 atom stereocenters. The molecule has 11 heavy (non-hydrogen) atoms. The Bertz CT molecular complexity index is 258. The van der Waals surface area contributed by atoms with E-state index in [1.165, 1.54) is 26.1 Å². The fraction of sp³-hybridized carbons (Fsp3) is 0. The van der Waals surface area contributed by atoms with Crippen molar-refractivity contribution >= 4 is 32.0 Å². The van der Waals surface area contributed by atoms with Gasteiger partial charge in [-0.2, -0.15) is 0 Å². The Kier molecular flexibility index (Phi) is 2.90. The van der Waals surface area contributed by atoms with E-state index in [0.29, 0.717) is 5.56 Å². The summed E-state index contributed by atoms with van der Waals surface area (Å²) in [7, 11) is 0. The zero-order valence-corrected chi connectivity index (χ0v) is 8.65. The number of hydrazine groups is 1. The number of carbonyl (C=O) groups is 1. The van der Waals surface area contributed by atoms with E-state index in [2.05, 4.69) is 5.43 Å². The molecule has 0 aromatic heterocycles. The van der Waals surface area contributed by atoms with Crippen LogP contribution in [0, 0.1) is 0 Å². The SMILES string of the molecule is NNC(=O)c1cc[c]([Sn])cc1. The number of hydrogen-bond donors (Lipinski definition) is 2. The van der Waals surface area contributed by atoms with Crippen LogP contribution in [0.15, 0.2) is 24.3 Å². The predicted octanol–water partition coefficient (Wildman–Crippen LogP) is -0.916. The molecule has 0 saturated carbocycles. The van der Waals surface area contributed by atoms with Crippen molar-refractivity contribution in [2.24, 2.45) is 5.84 Å². The monoisotopic (exact) mass is 255 g/mol. The van der Waals surface area contributed by atoms with Crippen LogP contribution in [-0.2, 0) is 0 Å². The van der Waals surface area contributed by atoms with Crippen molar-refractivity contribution in [3.8, 4) is 0 Å². The molecule has 0 bridgehead atoms. The first-order chi connectivity index (χ1) is 5.24. The third kappa shape index (κ3) is 2.20. The minimum absolute atomic E-state index is 0.249. The summed E-state index contributed by atoms with van der Waals surface area (Å²) in [5.74, 6) is 4.70. The average molecular weight is 254 g/mol. The molecular weight excluding hydrogens is 247 g/mol. The molecule has 4 heteroatoms. The molecule has 3 nitrogen and oxygen atoms in total. The molecule has 0 aliphatic heterocycles. The van der Waals surface area contributed by atoms with Gasteiger partial charge in [-0.1, -0.05) is 0 Å². The van der Waals surface area contributed by atoms with Gasteiger partial charge in [0.05, 0.1) is 0 Å². The van der Waals surface area contributed by atoms with Crippen LogP contribution >= 0.6 is 0 Å². The Balaban J connectivity index is 2.90. The Morgan fingerprint density at radius 2 is 1.91 bits per heavy atom. The second-order valence-corrected chi connectivity index (χ2v) is 3.70. The van der Waals surface area contributed by atoms with E-state index in [9.17, 15) is 4.79 Å². The zero-order chi connectivity index (χ0) is 8.27. The number of rotatable bonds is 1. The van der Waals surface area contributed by atoms with Crippen molar-refractivity contribution in [3.63, 3.8) is 0 Å². The molecule has 0 saturated heterocycles. The molecule has 0 aliphatic carbocycles. The molecule has 1 aromatic carbocycles. The summed E-state index contributed by atoms with van der Waals surface area (Å²) in [6.45, 7) is 0. The molecule has 3 radical (unpaired) electrons. The molecule has 1 amide bonds. The van der Waals surface area contributed by atoms with Gasteiger partial charge in [0.1, 0.15) is 0 Å². The van der Waals surface area contributed by atoms with Gasteiger partial charge in [0.2, 0.25) is 0 Å². The third-order valence-corrected chi connectivity index (χ3v) is 2.23. The number of nitrogen functional groups attached to an aromatic ring is 1. The van der Waals surface area contributed by atoms with Gasteiger partial charge in [-0.25, -0.2) is 0 Å². The van der Waals surface area contributed by atoms with Crippen molar-refractivity contribution in [3.05, 3.63) is 29.8 Å². The van der Waals surface area contributed by atoms with E-state index in [4.69, 9.17) is 5.84 Å². The first kappa shape index (κ1) is 8.54. The summed E-state index contributed by atoms with van der Waals surface area (Å²) in [5.41, 5.74) is 2.67. The van der Waals surface area contributed by atoms with Crippen LogP contribution in [0.1, 0.15) is 10.4 Å². The van der Waals surface area contributed by atoms with Crippen molar-refractivity contribution in [1.82, 2.24) is 5.43 Å². The van der Waals surface area contributed by atoms with E-state index >= 15 is 0 Å². The maximum absolute atomic E-state index is 10.9. The van der Waals surface area contributed by atoms with Crippen molar-refractivity contribution in [2.45, 2.75) is 0 Å². The molecular formula is C7H7N2OSn. The Morgan fingerprint density at radius 3 is 2.36 bits per heavy atom. The summed E-state index contributed by atoms with van der Waals surface area (Å²) in [6.07, 6.45) is 0. The van der Waals surface area contributed by atoms with Crippen LogP contribution in [0.25, 0.3) is 0 Å². The van der Waals surface area contributed by atoms with E-state index in [1.54, 1.807) is 12.1 Å². The molecule has 1 aromatic rings. The van der Waals surface area contributed by atoms with Gasteiger partial charge < -0.3 is 0 Å². The summed E-state index contributed by atoms with van der Waals surface area (Å²) >= 11 is 1.34. The number of amides is 1. The molecule has 55 valence electrons. The number of benzene rings is 1. The minimum atomic E-state index is -0.249. The first-order valence-electron chi connectivity index (χ1n) is 3.06. The zero-order valence-electron chi connectivity index (χ0n) is 5.79. The van der Waals surface area contributed by atoms with Gasteiger partial charge in [-0.05, 0) is 0 Å². The number of carbonyl (C=O) groups excluding carboxylic acids is 1. The molecule has 0 heterocycles. The third-order valence-electron chi connectivity index (χ3n) is 1.28. The van der Waals surface area contributed by atoms with Gasteiger partial charge in [0.15, 0.2) is 0 Å². The van der Waals surface area contributed by atoms with E-state index in [0.717, 1.165) is 0 Å². The molecule has 0 fully saturated rings. The van der Waals surface area contributed by atoms with Crippen LogP contribution < -0.4 is 14.8 Å². The van der Waals surface area contributed by atoms with Crippen LogP contribution in [-0.4, -0.2) is 28.4 Å². The Hall–Kier alpha value is -0.551. The fourth-order valence-electron chi connectivity index (χ4n) is 0.705. The van der Waals surface area contributed by atoms with E-state index < -0.39 is 0 Å². The van der Waals surface area contributed by atoms with E-state index in [-0.39, 0.29) is 5.91 Å². The Labute approximate surface area is 78.0 Å².